The molecule has 0 bridgehead atoms. The number of nitrogens with one attached hydrogen (secondary N) is 1. The van der Waals surface area contributed by atoms with Gasteiger partial charge in [0, 0.05) is 6.04 Å². The van der Waals surface area contributed by atoms with Gasteiger partial charge in [-0.05, 0) is 31.0 Å². The molecule has 1 aliphatic carbocycles. The Hall–Kier alpha value is -1.43. The highest BCUT2D eigenvalue weighted by molar-refractivity contribution is 7.71. The third-order valence-corrected chi connectivity index (χ3v) is 4.11. The van der Waals surface area contributed by atoms with E-state index in [1.54, 1.807) is 7.11 Å². The standard InChI is InChI=1S/C12H16N4OS/c1-7-4-3-5-8(7)16-10-9(15-12(16)18)11(17-2)14-6-13-10/h6-8H,3-5H2,1-2H3,(H,15,18). The second-order valence-electron chi connectivity index (χ2n) is 4.86. The fraction of sp³-hybridized carbons (Fsp3) is 0.583. The zero-order chi connectivity index (χ0) is 12.7. The maximum atomic E-state index is 5.43. The van der Waals surface area contributed by atoms with E-state index >= 15 is 0 Å². The van der Waals surface area contributed by atoms with Gasteiger partial charge in [0.25, 0.3) is 0 Å². The molecule has 2 heterocycles. The van der Waals surface area contributed by atoms with Crippen LogP contribution in [0, 0.1) is 10.7 Å². The van der Waals surface area contributed by atoms with Gasteiger partial charge in [-0.3, -0.25) is 4.57 Å². The number of fused-ring (bicyclic) bond motifs is 1. The van der Waals surface area contributed by atoms with E-state index < -0.39 is 0 Å². The maximum Gasteiger partial charge on any atom is 0.242 e. The molecule has 0 aromatic carbocycles. The number of nitrogens with zero attached hydrogens (tertiary/aromatic N) is 3. The van der Waals surface area contributed by atoms with Crippen molar-refractivity contribution in [3.8, 4) is 5.88 Å². The van der Waals surface area contributed by atoms with Crippen LogP contribution in [-0.2, 0) is 0 Å². The third kappa shape index (κ3) is 1.63. The highest BCUT2D eigenvalue weighted by Gasteiger charge is 2.28. The molecule has 0 saturated heterocycles. The van der Waals surface area contributed by atoms with Gasteiger partial charge < -0.3 is 9.72 Å². The molecule has 0 radical (unpaired) electrons. The van der Waals surface area contributed by atoms with Crippen molar-refractivity contribution in [2.24, 2.45) is 5.92 Å². The van der Waals surface area contributed by atoms with Crippen molar-refractivity contribution in [2.75, 3.05) is 7.11 Å². The predicted octanol–water partition coefficient (Wildman–Crippen LogP) is 2.86. The molecule has 2 atom stereocenters. The lowest BCUT2D eigenvalue weighted by Gasteiger charge is -2.17. The predicted molar refractivity (Wildman–Crippen MR) is 71.3 cm³/mol. The van der Waals surface area contributed by atoms with Crippen LogP contribution in [0.1, 0.15) is 32.2 Å². The molecule has 1 saturated carbocycles. The van der Waals surface area contributed by atoms with E-state index in [-0.39, 0.29) is 0 Å². The normalized spacial score (nSPS) is 23.7. The minimum absolute atomic E-state index is 0.436. The number of aromatic nitrogens is 4. The van der Waals surface area contributed by atoms with Crippen LogP contribution < -0.4 is 4.74 Å². The molecule has 3 rings (SSSR count). The van der Waals surface area contributed by atoms with Gasteiger partial charge in [0.1, 0.15) is 11.8 Å². The Balaban J connectivity index is 2.23. The third-order valence-electron chi connectivity index (χ3n) is 3.81. The van der Waals surface area contributed by atoms with Gasteiger partial charge in [0.15, 0.2) is 10.4 Å². The molecule has 0 amide bonds. The highest BCUT2D eigenvalue weighted by Crippen LogP contribution is 2.37. The minimum Gasteiger partial charge on any atom is -0.479 e. The molecule has 6 heteroatoms. The van der Waals surface area contributed by atoms with Crippen LogP contribution >= 0.6 is 12.2 Å². The molecule has 2 aromatic heterocycles. The zero-order valence-electron chi connectivity index (χ0n) is 10.5. The topological polar surface area (TPSA) is 55.7 Å². The highest BCUT2D eigenvalue weighted by atomic mass is 32.1. The lowest BCUT2D eigenvalue weighted by molar-refractivity contribution is 0.400. The summed E-state index contributed by atoms with van der Waals surface area (Å²) in [5, 5.41) is 0. The van der Waals surface area contributed by atoms with E-state index in [1.165, 1.54) is 19.2 Å². The lowest BCUT2D eigenvalue weighted by atomic mass is 10.1. The van der Waals surface area contributed by atoms with Crippen LogP contribution in [0.15, 0.2) is 6.33 Å². The van der Waals surface area contributed by atoms with Crippen molar-refractivity contribution in [2.45, 2.75) is 32.2 Å². The van der Waals surface area contributed by atoms with Crippen molar-refractivity contribution in [1.82, 2.24) is 19.5 Å². The summed E-state index contributed by atoms with van der Waals surface area (Å²) >= 11 is 5.43. The number of rotatable bonds is 2. The second-order valence-corrected chi connectivity index (χ2v) is 5.24. The minimum atomic E-state index is 0.436. The fourth-order valence-electron chi connectivity index (χ4n) is 2.89. The van der Waals surface area contributed by atoms with Crippen LogP contribution in [0.3, 0.4) is 0 Å². The number of aromatic amines is 1. The Bertz CT molecular complexity index is 633. The zero-order valence-corrected chi connectivity index (χ0v) is 11.3. The first kappa shape index (κ1) is 11.6. The van der Waals surface area contributed by atoms with Crippen molar-refractivity contribution >= 4 is 23.4 Å². The molecule has 2 aromatic rings. The maximum absolute atomic E-state index is 5.43. The van der Waals surface area contributed by atoms with E-state index in [1.807, 2.05) is 0 Å². The number of hydrogen-bond donors (Lipinski definition) is 1. The van der Waals surface area contributed by atoms with Crippen LogP contribution in [0.5, 0.6) is 5.88 Å². The molecule has 1 fully saturated rings. The van der Waals surface area contributed by atoms with Crippen molar-refractivity contribution in [3.63, 3.8) is 0 Å². The van der Waals surface area contributed by atoms with E-state index in [0.29, 0.717) is 22.6 Å². The van der Waals surface area contributed by atoms with Crippen molar-refractivity contribution < 1.29 is 4.74 Å². The summed E-state index contributed by atoms with van der Waals surface area (Å²) in [6, 6.07) is 0.436. The first-order chi connectivity index (χ1) is 8.72. The van der Waals surface area contributed by atoms with Gasteiger partial charge in [-0.2, -0.15) is 4.98 Å². The summed E-state index contributed by atoms with van der Waals surface area (Å²) in [5.74, 6) is 1.19. The molecule has 96 valence electrons. The van der Waals surface area contributed by atoms with Crippen LogP contribution in [0.25, 0.3) is 11.2 Å². The molecule has 1 N–H and O–H groups in total. The first-order valence-electron chi connectivity index (χ1n) is 6.21. The van der Waals surface area contributed by atoms with Gasteiger partial charge in [-0.15, -0.1) is 0 Å². The van der Waals surface area contributed by atoms with Crippen LogP contribution in [-0.4, -0.2) is 26.6 Å². The molecule has 2 unspecified atom stereocenters. The summed E-state index contributed by atoms with van der Waals surface area (Å²) in [7, 11) is 1.61. The number of methoxy groups -OCH3 is 1. The first-order valence-corrected chi connectivity index (χ1v) is 6.62. The van der Waals surface area contributed by atoms with E-state index in [2.05, 4.69) is 26.4 Å². The van der Waals surface area contributed by atoms with E-state index in [4.69, 9.17) is 17.0 Å². The summed E-state index contributed by atoms with van der Waals surface area (Å²) in [6.45, 7) is 2.27. The van der Waals surface area contributed by atoms with Gasteiger partial charge >= 0.3 is 0 Å². The van der Waals surface area contributed by atoms with E-state index in [0.717, 1.165) is 17.6 Å². The van der Waals surface area contributed by atoms with Crippen molar-refractivity contribution in [3.05, 3.63) is 11.1 Å². The van der Waals surface area contributed by atoms with Gasteiger partial charge in [-0.25, -0.2) is 4.98 Å². The average molecular weight is 264 g/mol. The number of imidazole rings is 1. The van der Waals surface area contributed by atoms with Crippen LogP contribution in [0.2, 0.25) is 0 Å². The van der Waals surface area contributed by atoms with Gasteiger partial charge in [0.2, 0.25) is 5.88 Å². The number of hydrogen-bond acceptors (Lipinski definition) is 4. The summed E-state index contributed by atoms with van der Waals surface area (Å²) in [5.41, 5.74) is 1.65. The quantitative estimate of drug-likeness (QED) is 0.847. The molecule has 1 aliphatic rings. The molecular weight excluding hydrogens is 248 g/mol. The Morgan fingerprint density at radius 1 is 1.44 bits per heavy atom. The van der Waals surface area contributed by atoms with Crippen molar-refractivity contribution in [1.29, 1.82) is 0 Å². The summed E-state index contributed by atoms with van der Waals surface area (Å²) in [6.07, 6.45) is 5.19. The van der Waals surface area contributed by atoms with Gasteiger partial charge in [0.05, 0.1) is 7.11 Å². The Morgan fingerprint density at radius 2 is 2.28 bits per heavy atom. The molecule has 18 heavy (non-hydrogen) atoms. The molecule has 5 nitrogen and oxygen atoms in total. The SMILES string of the molecule is COc1ncnc2c1[nH]c(=S)n2C1CCCC1C. The van der Waals surface area contributed by atoms with Gasteiger partial charge in [-0.1, -0.05) is 13.3 Å². The average Bonchev–Trinajstić information content (AvgIpc) is 2.91. The Morgan fingerprint density at radius 3 is 2.94 bits per heavy atom. The lowest BCUT2D eigenvalue weighted by Crippen LogP contribution is -2.12. The smallest absolute Gasteiger partial charge is 0.242 e. The molecular formula is C12H16N4OS. The summed E-state index contributed by atoms with van der Waals surface area (Å²) in [4.78, 5) is 11.6. The molecule has 0 aliphatic heterocycles. The number of ether oxygens (including phenoxy) is 1. The van der Waals surface area contributed by atoms with Crippen LogP contribution in [0.4, 0.5) is 0 Å². The summed E-state index contributed by atoms with van der Waals surface area (Å²) < 4.78 is 8.09. The largest absolute Gasteiger partial charge is 0.479 e. The Kier molecular flexibility index (Phi) is 2.81. The van der Waals surface area contributed by atoms with E-state index in [9.17, 15) is 0 Å². The second kappa shape index (κ2) is 4.35. The monoisotopic (exact) mass is 264 g/mol. The Labute approximate surface area is 110 Å². The fourth-order valence-corrected chi connectivity index (χ4v) is 3.21. The number of H-pyrrole nitrogens is 1. The molecule has 0 spiro atoms.